The fourth-order valence-electron chi connectivity index (χ4n) is 4.82. The van der Waals surface area contributed by atoms with Crippen LogP contribution in [-0.2, 0) is 0 Å². The van der Waals surface area contributed by atoms with Crippen LogP contribution in [-0.4, -0.2) is 23.6 Å². The molecule has 0 radical (unpaired) electrons. The van der Waals surface area contributed by atoms with Gasteiger partial charge in [-0.2, -0.15) is 0 Å². The molecular weight excluding hydrogens is 600 g/mol. The van der Waals surface area contributed by atoms with Gasteiger partial charge in [0.25, 0.3) is 23.6 Å². The SMILES string of the molecule is CC.CC.CC.CC.Cc1cccc2c1NC(=O)c1cccc(C)c1NC(=O)c1cccc(C)c1NC(=O)c1cccc(C)c1NC2=O. The molecule has 4 N–H and O–H groups in total. The van der Waals surface area contributed by atoms with Crippen molar-refractivity contribution >= 4 is 46.4 Å². The highest BCUT2D eigenvalue weighted by molar-refractivity contribution is 6.20. The molecule has 4 aromatic carbocycles. The van der Waals surface area contributed by atoms with E-state index in [1.165, 1.54) is 0 Å². The van der Waals surface area contributed by atoms with E-state index in [2.05, 4.69) is 21.3 Å². The number of hydrogen-bond donors (Lipinski definition) is 4. The van der Waals surface area contributed by atoms with Crippen LogP contribution in [0.1, 0.15) is 119 Å². The Morgan fingerprint density at radius 3 is 0.646 bits per heavy atom. The first-order valence-electron chi connectivity index (χ1n) is 16.8. The number of fused-ring (bicyclic) bond motifs is 4. The van der Waals surface area contributed by atoms with Gasteiger partial charge >= 0.3 is 0 Å². The minimum Gasteiger partial charge on any atom is -0.321 e. The molecule has 8 heteroatoms. The zero-order chi connectivity index (χ0) is 36.6. The Kier molecular flexibility index (Phi) is 17.1. The van der Waals surface area contributed by atoms with Crippen molar-refractivity contribution in [3.8, 4) is 0 Å². The fraction of sp³-hybridized carbons (Fsp3) is 0.300. The first kappa shape index (κ1) is 40.8. The number of carbonyl (C=O) groups is 4. The van der Waals surface area contributed by atoms with E-state index in [0.717, 1.165) is 0 Å². The van der Waals surface area contributed by atoms with Crippen LogP contribution in [0.2, 0.25) is 0 Å². The molecule has 0 aliphatic carbocycles. The number of hydrogen-bond acceptors (Lipinski definition) is 4. The Morgan fingerprint density at radius 1 is 0.312 bits per heavy atom. The predicted molar refractivity (Wildman–Crippen MR) is 202 cm³/mol. The summed E-state index contributed by atoms with van der Waals surface area (Å²) >= 11 is 0. The topological polar surface area (TPSA) is 116 Å². The Hall–Kier alpha value is -5.24. The van der Waals surface area contributed by atoms with E-state index in [1.807, 2.05) is 55.4 Å². The van der Waals surface area contributed by atoms with Crippen LogP contribution in [0.15, 0.2) is 72.8 Å². The number of amides is 4. The van der Waals surface area contributed by atoms with Crippen molar-refractivity contribution in [1.29, 1.82) is 0 Å². The molecule has 0 saturated carbocycles. The van der Waals surface area contributed by atoms with Crippen LogP contribution in [0.25, 0.3) is 0 Å². The lowest BCUT2D eigenvalue weighted by molar-refractivity contribution is 0.101. The van der Waals surface area contributed by atoms with Crippen molar-refractivity contribution in [1.82, 2.24) is 0 Å². The summed E-state index contributed by atoms with van der Waals surface area (Å²) in [5, 5.41) is 11.5. The Balaban J connectivity index is 0.00000134. The maximum Gasteiger partial charge on any atom is 0.257 e. The van der Waals surface area contributed by atoms with E-state index >= 15 is 0 Å². The third-order valence-corrected chi connectivity index (χ3v) is 7.02. The van der Waals surface area contributed by atoms with Gasteiger partial charge in [0.05, 0.1) is 45.0 Å². The van der Waals surface area contributed by atoms with Crippen LogP contribution >= 0.6 is 0 Å². The zero-order valence-corrected chi connectivity index (χ0v) is 30.6. The molecule has 0 unspecified atom stereocenters. The second-order valence-electron chi connectivity index (χ2n) is 9.81. The summed E-state index contributed by atoms with van der Waals surface area (Å²) < 4.78 is 0. The molecular formula is C40H52N4O4. The van der Waals surface area contributed by atoms with Crippen molar-refractivity contribution in [2.45, 2.75) is 83.1 Å². The van der Waals surface area contributed by atoms with Crippen LogP contribution in [0, 0.1) is 27.7 Å². The molecule has 0 aromatic heterocycles. The summed E-state index contributed by atoms with van der Waals surface area (Å²) in [6.07, 6.45) is 0. The summed E-state index contributed by atoms with van der Waals surface area (Å²) in [6.45, 7) is 23.1. The minimum absolute atomic E-state index is 0.231. The van der Waals surface area contributed by atoms with E-state index in [-0.39, 0.29) is 22.3 Å². The molecule has 0 bridgehead atoms. The molecule has 0 spiro atoms. The summed E-state index contributed by atoms with van der Waals surface area (Å²) in [5.74, 6) is -1.93. The van der Waals surface area contributed by atoms with Crippen LogP contribution < -0.4 is 21.3 Å². The molecule has 4 aromatic rings. The van der Waals surface area contributed by atoms with Gasteiger partial charge < -0.3 is 21.3 Å². The van der Waals surface area contributed by atoms with E-state index in [4.69, 9.17) is 0 Å². The van der Waals surface area contributed by atoms with Gasteiger partial charge in [-0.3, -0.25) is 19.2 Å². The lowest BCUT2D eigenvalue weighted by Gasteiger charge is -2.20. The maximum atomic E-state index is 13.6. The summed E-state index contributed by atoms with van der Waals surface area (Å²) in [5.41, 5.74) is 4.94. The maximum absolute atomic E-state index is 13.6. The average molecular weight is 653 g/mol. The third kappa shape index (κ3) is 9.41. The quantitative estimate of drug-likeness (QED) is 0.151. The smallest absolute Gasteiger partial charge is 0.257 e. The van der Waals surface area contributed by atoms with Crippen LogP contribution in [0.5, 0.6) is 0 Å². The summed E-state index contributed by atoms with van der Waals surface area (Å²) in [4.78, 5) is 54.5. The van der Waals surface area contributed by atoms with Crippen LogP contribution in [0.4, 0.5) is 22.7 Å². The molecule has 256 valence electrons. The number of rotatable bonds is 0. The molecule has 4 amide bonds. The molecule has 5 rings (SSSR count). The Labute approximate surface area is 286 Å². The molecule has 1 heterocycles. The molecule has 1 aliphatic rings. The number of anilines is 4. The van der Waals surface area contributed by atoms with E-state index in [9.17, 15) is 19.2 Å². The highest BCUT2D eigenvalue weighted by atomic mass is 16.2. The lowest BCUT2D eigenvalue weighted by atomic mass is 10.0. The Morgan fingerprint density at radius 2 is 0.479 bits per heavy atom. The van der Waals surface area contributed by atoms with Crippen molar-refractivity contribution in [3.63, 3.8) is 0 Å². The standard InChI is InChI=1S/C32H28N4O4.4C2H6/c1-17-9-5-13-21-25(17)33-30(38)22-14-6-10-18(2)26(22)35-32(40)24-16-8-12-20(4)28(24)36-31(39)23-15-7-11-19(3)27(23)34-29(21)37;4*1-2/h5-16H,1-4H3,(H,33,38)(H,34,37)(H,35,40)(H,36,39);4*1-2H3. The van der Waals surface area contributed by atoms with Gasteiger partial charge in [0.15, 0.2) is 0 Å². The summed E-state index contributed by atoms with van der Waals surface area (Å²) in [7, 11) is 0. The number of carbonyl (C=O) groups excluding carboxylic acids is 4. The second kappa shape index (κ2) is 20.1. The third-order valence-electron chi connectivity index (χ3n) is 7.02. The second-order valence-corrected chi connectivity index (χ2v) is 9.81. The van der Waals surface area contributed by atoms with Gasteiger partial charge in [0.2, 0.25) is 0 Å². The number of aryl methyl sites for hydroxylation is 4. The predicted octanol–water partition coefficient (Wildman–Crippen LogP) is 10.3. The van der Waals surface area contributed by atoms with Crippen molar-refractivity contribution in [2.24, 2.45) is 0 Å². The normalized spacial score (nSPS) is 11.8. The minimum atomic E-state index is -0.483. The van der Waals surface area contributed by atoms with Gasteiger partial charge in [-0.1, -0.05) is 104 Å². The average Bonchev–Trinajstić information content (AvgIpc) is 3.11. The van der Waals surface area contributed by atoms with Gasteiger partial charge in [-0.05, 0) is 74.2 Å². The van der Waals surface area contributed by atoms with Crippen LogP contribution in [0.3, 0.4) is 0 Å². The molecule has 1 aliphatic heterocycles. The highest BCUT2D eigenvalue weighted by Gasteiger charge is 2.25. The van der Waals surface area contributed by atoms with E-state index in [1.54, 1.807) is 100 Å². The van der Waals surface area contributed by atoms with Gasteiger partial charge in [-0.25, -0.2) is 0 Å². The number of para-hydroxylation sites is 4. The van der Waals surface area contributed by atoms with Gasteiger partial charge in [-0.15, -0.1) is 0 Å². The molecule has 48 heavy (non-hydrogen) atoms. The lowest BCUT2D eigenvalue weighted by Crippen LogP contribution is -2.25. The first-order chi connectivity index (χ1) is 23.2. The molecule has 8 nitrogen and oxygen atoms in total. The highest BCUT2D eigenvalue weighted by Crippen LogP contribution is 2.30. The van der Waals surface area contributed by atoms with Gasteiger partial charge in [0, 0.05) is 0 Å². The number of benzene rings is 4. The van der Waals surface area contributed by atoms with Crippen molar-refractivity contribution in [2.75, 3.05) is 21.3 Å². The summed E-state index contributed by atoms with van der Waals surface area (Å²) in [6, 6.07) is 20.5. The van der Waals surface area contributed by atoms with E-state index in [0.29, 0.717) is 45.0 Å². The zero-order valence-electron chi connectivity index (χ0n) is 30.6. The molecule has 0 atom stereocenters. The molecule has 0 fully saturated rings. The number of nitrogens with one attached hydrogen (secondary N) is 4. The fourth-order valence-corrected chi connectivity index (χ4v) is 4.82. The first-order valence-corrected chi connectivity index (χ1v) is 16.8. The van der Waals surface area contributed by atoms with Crippen molar-refractivity contribution < 1.29 is 19.2 Å². The molecule has 0 saturated heterocycles. The monoisotopic (exact) mass is 652 g/mol. The Bertz CT molecular complexity index is 1470. The van der Waals surface area contributed by atoms with Gasteiger partial charge in [0.1, 0.15) is 0 Å². The van der Waals surface area contributed by atoms with E-state index < -0.39 is 23.6 Å². The largest absolute Gasteiger partial charge is 0.321 e. The van der Waals surface area contributed by atoms with Crippen molar-refractivity contribution in [3.05, 3.63) is 117 Å².